The van der Waals surface area contributed by atoms with Gasteiger partial charge < -0.3 is 20.3 Å². The van der Waals surface area contributed by atoms with Gasteiger partial charge in [0, 0.05) is 31.5 Å². The molecule has 1 aromatic heterocycles. The molecule has 2 N–H and O–H groups in total. The van der Waals surface area contributed by atoms with Crippen LogP contribution in [0.15, 0.2) is 24.3 Å². The van der Waals surface area contributed by atoms with Gasteiger partial charge >= 0.3 is 6.03 Å². The Hall–Kier alpha value is -3.03. The molecule has 0 radical (unpaired) electrons. The van der Waals surface area contributed by atoms with Crippen molar-refractivity contribution >= 4 is 23.3 Å². The SMILES string of the molecule is Cc1cc(C)n(CCCNC(=O)Nc2ccc3c(c2)N(C)C(=O)[C@@H](C)O3)n1. The number of aromatic nitrogens is 2. The average molecular weight is 371 g/mol. The van der Waals surface area contributed by atoms with Crippen LogP contribution in [0.2, 0.25) is 0 Å². The molecule has 3 amide bonds. The number of carbonyl (C=O) groups is 2. The van der Waals surface area contributed by atoms with Gasteiger partial charge in [-0.1, -0.05) is 0 Å². The van der Waals surface area contributed by atoms with Crippen molar-refractivity contribution in [2.45, 2.75) is 39.8 Å². The Kier molecular flexibility index (Phi) is 5.34. The highest BCUT2D eigenvalue weighted by Gasteiger charge is 2.29. The highest BCUT2D eigenvalue weighted by molar-refractivity contribution is 6.00. The van der Waals surface area contributed by atoms with Crippen LogP contribution >= 0.6 is 0 Å². The molecule has 0 fully saturated rings. The smallest absolute Gasteiger partial charge is 0.319 e. The molecule has 8 nitrogen and oxygen atoms in total. The van der Waals surface area contributed by atoms with Gasteiger partial charge in [0.05, 0.1) is 11.4 Å². The van der Waals surface area contributed by atoms with Crippen molar-refractivity contribution in [2.75, 3.05) is 23.8 Å². The molecule has 3 rings (SSSR count). The van der Waals surface area contributed by atoms with Gasteiger partial charge in [-0.15, -0.1) is 0 Å². The molecule has 0 bridgehead atoms. The van der Waals surface area contributed by atoms with Gasteiger partial charge in [-0.25, -0.2) is 4.79 Å². The summed E-state index contributed by atoms with van der Waals surface area (Å²) in [5.74, 6) is 0.508. The fourth-order valence-electron chi connectivity index (χ4n) is 3.10. The van der Waals surface area contributed by atoms with Gasteiger partial charge in [0.2, 0.25) is 0 Å². The molecule has 0 saturated heterocycles. The lowest BCUT2D eigenvalue weighted by atomic mass is 10.2. The second kappa shape index (κ2) is 7.69. The number of fused-ring (bicyclic) bond motifs is 1. The minimum Gasteiger partial charge on any atom is -0.479 e. The first-order valence-corrected chi connectivity index (χ1v) is 8.99. The minimum absolute atomic E-state index is 0.117. The van der Waals surface area contributed by atoms with Crippen molar-refractivity contribution in [1.82, 2.24) is 15.1 Å². The van der Waals surface area contributed by atoms with Gasteiger partial charge in [0.1, 0.15) is 5.75 Å². The number of hydrogen-bond donors (Lipinski definition) is 2. The van der Waals surface area contributed by atoms with Crippen LogP contribution < -0.4 is 20.3 Å². The maximum Gasteiger partial charge on any atom is 0.319 e. The number of benzene rings is 1. The van der Waals surface area contributed by atoms with Gasteiger partial charge in [0.25, 0.3) is 5.91 Å². The fraction of sp³-hybridized carbons (Fsp3) is 0.421. The molecule has 1 atom stereocenters. The normalized spacial score (nSPS) is 15.9. The summed E-state index contributed by atoms with van der Waals surface area (Å²) in [4.78, 5) is 25.7. The predicted molar refractivity (Wildman–Crippen MR) is 103 cm³/mol. The van der Waals surface area contributed by atoms with E-state index < -0.39 is 6.10 Å². The summed E-state index contributed by atoms with van der Waals surface area (Å²) in [6.07, 6.45) is 0.273. The Morgan fingerprint density at radius 1 is 1.30 bits per heavy atom. The van der Waals surface area contributed by atoms with E-state index in [4.69, 9.17) is 4.74 Å². The first-order chi connectivity index (χ1) is 12.8. The molecule has 144 valence electrons. The number of carbonyl (C=O) groups excluding carboxylic acids is 2. The van der Waals surface area contributed by atoms with E-state index in [9.17, 15) is 9.59 Å². The second-order valence-electron chi connectivity index (χ2n) is 6.72. The maximum atomic E-state index is 12.1. The highest BCUT2D eigenvalue weighted by atomic mass is 16.5. The van der Waals surface area contributed by atoms with Crippen LogP contribution in [-0.2, 0) is 11.3 Å². The first-order valence-electron chi connectivity index (χ1n) is 8.99. The van der Waals surface area contributed by atoms with E-state index in [1.165, 1.54) is 0 Å². The average Bonchev–Trinajstić information content (AvgIpc) is 2.95. The Morgan fingerprint density at radius 3 is 2.78 bits per heavy atom. The number of rotatable bonds is 5. The van der Waals surface area contributed by atoms with Crippen LogP contribution in [0, 0.1) is 13.8 Å². The molecule has 8 heteroatoms. The molecule has 1 aliphatic rings. The monoisotopic (exact) mass is 371 g/mol. The van der Waals surface area contributed by atoms with Crippen LogP contribution in [-0.4, -0.2) is 41.4 Å². The number of anilines is 2. The quantitative estimate of drug-likeness (QED) is 0.790. The van der Waals surface area contributed by atoms with Crippen LogP contribution in [0.1, 0.15) is 24.7 Å². The van der Waals surface area contributed by atoms with Crippen molar-refractivity contribution in [3.8, 4) is 5.75 Å². The second-order valence-corrected chi connectivity index (χ2v) is 6.72. The van der Waals surface area contributed by atoms with E-state index in [0.29, 0.717) is 23.7 Å². The minimum atomic E-state index is -0.508. The summed E-state index contributed by atoms with van der Waals surface area (Å²) in [6, 6.07) is 6.98. The molecule has 1 aliphatic heterocycles. The molecular formula is C19H25N5O3. The number of nitrogens with one attached hydrogen (secondary N) is 2. The zero-order chi connectivity index (χ0) is 19.6. The lowest BCUT2D eigenvalue weighted by Gasteiger charge is -2.30. The van der Waals surface area contributed by atoms with Crippen molar-refractivity contribution in [3.05, 3.63) is 35.7 Å². The van der Waals surface area contributed by atoms with Crippen molar-refractivity contribution in [2.24, 2.45) is 0 Å². The Labute approximate surface area is 158 Å². The van der Waals surface area contributed by atoms with Gasteiger partial charge in [0.15, 0.2) is 6.10 Å². The predicted octanol–water partition coefficient (Wildman–Crippen LogP) is 2.46. The van der Waals surface area contributed by atoms with Gasteiger partial charge in [-0.3, -0.25) is 9.48 Å². The molecule has 0 unspecified atom stereocenters. The summed E-state index contributed by atoms with van der Waals surface area (Å²) >= 11 is 0. The molecule has 0 saturated carbocycles. The Morgan fingerprint density at radius 2 is 2.07 bits per heavy atom. The number of hydrogen-bond acceptors (Lipinski definition) is 4. The lowest BCUT2D eigenvalue weighted by molar-refractivity contribution is -0.125. The summed E-state index contributed by atoms with van der Waals surface area (Å²) < 4.78 is 7.52. The third-order valence-corrected chi connectivity index (χ3v) is 4.50. The standard InChI is InChI=1S/C19H25N5O3/c1-12-10-13(2)24(22-12)9-5-8-20-19(26)21-15-6-7-17-16(11-15)23(4)18(25)14(3)27-17/h6-7,10-11,14H,5,8-9H2,1-4H3,(H2,20,21,26)/t14-/m1/s1. The van der Waals surface area contributed by atoms with E-state index in [-0.39, 0.29) is 11.9 Å². The maximum absolute atomic E-state index is 12.1. The topological polar surface area (TPSA) is 88.5 Å². The molecule has 2 aromatic rings. The number of likely N-dealkylation sites (N-methyl/N-ethyl adjacent to an activating group) is 1. The third kappa shape index (κ3) is 4.21. The number of amides is 3. The van der Waals surface area contributed by atoms with E-state index in [2.05, 4.69) is 15.7 Å². The Bertz CT molecular complexity index is 861. The summed E-state index contributed by atoms with van der Waals surface area (Å²) in [7, 11) is 1.70. The van der Waals surface area contributed by atoms with Crippen molar-refractivity contribution in [3.63, 3.8) is 0 Å². The van der Waals surface area contributed by atoms with Gasteiger partial charge in [-0.2, -0.15) is 5.10 Å². The van der Waals surface area contributed by atoms with E-state index >= 15 is 0 Å². The number of ether oxygens (including phenoxy) is 1. The van der Waals surface area contributed by atoms with Crippen LogP contribution in [0.3, 0.4) is 0 Å². The highest BCUT2D eigenvalue weighted by Crippen LogP contribution is 2.35. The number of urea groups is 1. The third-order valence-electron chi connectivity index (χ3n) is 4.50. The first kappa shape index (κ1) is 18.8. The molecule has 0 aliphatic carbocycles. The molecular weight excluding hydrogens is 346 g/mol. The summed E-state index contributed by atoms with van der Waals surface area (Å²) in [5, 5.41) is 10.0. The molecule has 2 heterocycles. The largest absolute Gasteiger partial charge is 0.479 e. The van der Waals surface area contributed by atoms with E-state index in [0.717, 1.165) is 24.4 Å². The Balaban J connectivity index is 1.51. The van der Waals surface area contributed by atoms with E-state index in [1.807, 2.05) is 24.6 Å². The summed E-state index contributed by atoms with van der Waals surface area (Å²) in [5.41, 5.74) is 3.34. The lowest BCUT2D eigenvalue weighted by Crippen LogP contribution is -2.42. The summed E-state index contributed by atoms with van der Waals surface area (Å²) in [6.45, 7) is 6.98. The zero-order valence-electron chi connectivity index (χ0n) is 16.1. The fourth-order valence-corrected chi connectivity index (χ4v) is 3.10. The molecule has 0 spiro atoms. The van der Waals surface area contributed by atoms with Crippen molar-refractivity contribution < 1.29 is 14.3 Å². The van der Waals surface area contributed by atoms with Crippen LogP contribution in [0.5, 0.6) is 5.75 Å². The number of nitrogens with zero attached hydrogens (tertiary/aromatic N) is 3. The molecule has 1 aromatic carbocycles. The molecule has 27 heavy (non-hydrogen) atoms. The zero-order valence-corrected chi connectivity index (χ0v) is 16.1. The van der Waals surface area contributed by atoms with E-state index in [1.54, 1.807) is 37.1 Å². The van der Waals surface area contributed by atoms with Crippen LogP contribution in [0.25, 0.3) is 0 Å². The number of aryl methyl sites for hydroxylation is 3. The van der Waals surface area contributed by atoms with Crippen LogP contribution in [0.4, 0.5) is 16.2 Å². The van der Waals surface area contributed by atoms with Gasteiger partial charge in [-0.05, 0) is 51.5 Å². The van der Waals surface area contributed by atoms with Crippen molar-refractivity contribution in [1.29, 1.82) is 0 Å².